The van der Waals surface area contributed by atoms with E-state index in [1.807, 2.05) is 24.3 Å². The van der Waals surface area contributed by atoms with Gasteiger partial charge >= 0.3 is 0 Å². The van der Waals surface area contributed by atoms with Gasteiger partial charge in [-0.05, 0) is 30.5 Å². The van der Waals surface area contributed by atoms with Gasteiger partial charge in [0.15, 0.2) is 5.96 Å². The van der Waals surface area contributed by atoms with E-state index in [0.29, 0.717) is 18.5 Å². The largest absolute Gasteiger partial charge is 0.497 e. The van der Waals surface area contributed by atoms with Crippen LogP contribution in [0.15, 0.2) is 29.3 Å². The number of aliphatic imine (C=N–C) groups is 1. The lowest BCUT2D eigenvalue weighted by Gasteiger charge is -2.24. The molecule has 3 N–H and O–H groups in total. The summed E-state index contributed by atoms with van der Waals surface area (Å²) in [5, 5.41) is 9.36. The van der Waals surface area contributed by atoms with Crippen LogP contribution in [0.5, 0.6) is 5.75 Å². The molecule has 0 heterocycles. The predicted molar refractivity (Wildman–Crippen MR) is 112 cm³/mol. The second-order valence-electron chi connectivity index (χ2n) is 6.03. The van der Waals surface area contributed by atoms with Crippen molar-refractivity contribution in [2.45, 2.75) is 44.7 Å². The molecular weight excluding hydrogens is 431 g/mol. The fourth-order valence-electron chi connectivity index (χ4n) is 2.81. The quantitative estimate of drug-likeness (QED) is 0.347. The molecule has 0 atom stereocenters. The van der Waals surface area contributed by atoms with Crippen molar-refractivity contribution in [3.05, 3.63) is 29.8 Å². The molecule has 0 spiro atoms. The van der Waals surface area contributed by atoms with Gasteiger partial charge < -0.3 is 20.7 Å². The van der Waals surface area contributed by atoms with Crippen molar-refractivity contribution in [2.24, 2.45) is 4.99 Å². The Balaban J connectivity index is 0.00000312. The minimum absolute atomic E-state index is 0. The lowest BCUT2D eigenvalue weighted by Crippen LogP contribution is -2.47. The smallest absolute Gasteiger partial charge is 0.239 e. The summed E-state index contributed by atoms with van der Waals surface area (Å²) in [6.45, 7) is 0.710. The SMILES string of the molecule is CN=C(NCC(=O)NCc1ccc(OC)cc1)NC1CCCCC1.I. The Morgan fingerprint density at radius 1 is 1.16 bits per heavy atom. The molecule has 0 unspecified atom stereocenters. The number of methoxy groups -OCH3 is 1. The molecular formula is C18H29IN4O2. The second kappa shape index (κ2) is 11.9. The molecule has 2 rings (SSSR count). The van der Waals surface area contributed by atoms with E-state index in [0.717, 1.165) is 11.3 Å². The highest BCUT2D eigenvalue weighted by Crippen LogP contribution is 2.17. The third-order valence-corrected chi connectivity index (χ3v) is 4.23. The number of nitrogens with zero attached hydrogens (tertiary/aromatic N) is 1. The minimum atomic E-state index is -0.0580. The Labute approximate surface area is 167 Å². The number of carbonyl (C=O) groups is 1. The summed E-state index contributed by atoms with van der Waals surface area (Å²) in [6, 6.07) is 8.12. The highest BCUT2D eigenvalue weighted by molar-refractivity contribution is 14.0. The molecule has 1 amide bonds. The zero-order valence-corrected chi connectivity index (χ0v) is 17.3. The summed E-state index contributed by atoms with van der Waals surface area (Å²) in [5.74, 6) is 1.45. The zero-order chi connectivity index (χ0) is 17.2. The fraction of sp³-hybridized carbons (Fsp3) is 0.556. The Hall–Kier alpha value is -1.51. The van der Waals surface area contributed by atoms with Gasteiger partial charge in [0.25, 0.3) is 0 Å². The van der Waals surface area contributed by atoms with Gasteiger partial charge in [-0.3, -0.25) is 9.79 Å². The van der Waals surface area contributed by atoms with Crippen molar-refractivity contribution < 1.29 is 9.53 Å². The predicted octanol–water partition coefficient (Wildman–Crippen LogP) is 2.43. The first kappa shape index (κ1) is 21.5. The number of amides is 1. The monoisotopic (exact) mass is 460 g/mol. The Kier molecular flexibility index (Phi) is 10.3. The zero-order valence-electron chi connectivity index (χ0n) is 15.0. The van der Waals surface area contributed by atoms with E-state index in [9.17, 15) is 4.79 Å². The maximum atomic E-state index is 12.0. The summed E-state index contributed by atoms with van der Waals surface area (Å²) in [7, 11) is 3.37. The van der Waals surface area contributed by atoms with Crippen LogP contribution < -0.4 is 20.7 Å². The third kappa shape index (κ3) is 7.94. The van der Waals surface area contributed by atoms with Crippen LogP contribution in [0, 0.1) is 0 Å². The molecule has 7 heteroatoms. The van der Waals surface area contributed by atoms with Crippen LogP contribution in [0.4, 0.5) is 0 Å². The summed E-state index contributed by atoms with van der Waals surface area (Å²) >= 11 is 0. The maximum Gasteiger partial charge on any atom is 0.239 e. The molecule has 1 aromatic rings. The number of benzene rings is 1. The molecule has 1 saturated carbocycles. The molecule has 1 fully saturated rings. The first-order chi connectivity index (χ1) is 11.7. The standard InChI is InChI=1S/C18H28N4O2.HI/c1-19-18(22-15-6-4-3-5-7-15)21-13-17(23)20-12-14-8-10-16(24-2)11-9-14;/h8-11,15H,3-7,12-13H2,1-2H3,(H,20,23)(H2,19,21,22);1H. The number of halogens is 1. The van der Waals surface area contributed by atoms with Crippen LogP contribution >= 0.6 is 24.0 Å². The van der Waals surface area contributed by atoms with Crippen LogP contribution in [0.25, 0.3) is 0 Å². The highest BCUT2D eigenvalue weighted by atomic mass is 127. The molecule has 0 bridgehead atoms. The molecule has 140 valence electrons. The van der Waals surface area contributed by atoms with Gasteiger partial charge in [-0.25, -0.2) is 0 Å². The first-order valence-corrected chi connectivity index (χ1v) is 8.58. The van der Waals surface area contributed by atoms with Gasteiger partial charge in [0.2, 0.25) is 5.91 Å². The van der Waals surface area contributed by atoms with Gasteiger partial charge in [0, 0.05) is 19.6 Å². The average Bonchev–Trinajstić information content (AvgIpc) is 2.64. The Bertz CT molecular complexity index is 543. The molecule has 0 saturated heterocycles. The number of hydrogen-bond donors (Lipinski definition) is 3. The van der Waals surface area contributed by atoms with Crippen LogP contribution in [0.3, 0.4) is 0 Å². The number of nitrogens with one attached hydrogen (secondary N) is 3. The first-order valence-electron chi connectivity index (χ1n) is 8.58. The second-order valence-corrected chi connectivity index (χ2v) is 6.03. The van der Waals surface area contributed by atoms with E-state index >= 15 is 0 Å². The van der Waals surface area contributed by atoms with Gasteiger partial charge in [0.05, 0.1) is 13.7 Å². The summed E-state index contributed by atoms with van der Waals surface area (Å²) in [5.41, 5.74) is 1.04. The van der Waals surface area contributed by atoms with E-state index in [-0.39, 0.29) is 36.4 Å². The lowest BCUT2D eigenvalue weighted by atomic mass is 9.96. The van der Waals surface area contributed by atoms with E-state index < -0.39 is 0 Å². The molecule has 25 heavy (non-hydrogen) atoms. The summed E-state index contributed by atoms with van der Waals surface area (Å²) in [6.07, 6.45) is 6.18. The van der Waals surface area contributed by atoms with Crippen molar-refractivity contribution >= 4 is 35.8 Å². The van der Waals surface area contributed by atoms with Gasteiger partial charge in [0.1, 0.15) is 5.75 Å². The summed E-state index contributed by atoms with van der Waals surface area (Å²) in [4.78, 5) is 16.2. The van der Waals surface area contributed by atoms with Crippen molar-refractivity contribution in [2.75, 3.05) is 20.7 Å². The normalized spacial score (nSPS) is 15.0. The van der Waals surface area contributed by atoms with Crippen LogP contribution in [0.1, 0.15) is 37.7 Å². The number of rotatable bonds is 6. The molecule has 1 aliphatic rings. The van der Waals surface area contributed by atoms with E-state index in [1.54, 1.807) is 14.2 Å². The maximum absolute atomic E-state index is 12.0. The molecule has 1 aromatic carbocycles. The molecule has 0 aromatic heterocycles. The third-order valence-electron chi connectivity index (χ3n) is 4.23. The lowest BCUT2D eigenvalue weighted by molar-refractivity contribution is -0.120. The number of guanidine groups is 1. The van der Waals surface area contributed by atoms with E-state index in [4.69, 9.17) is 4.74 Å². The van der Waals surface area contributed by atoms with E-state index in [1.165, 1.54) is 32.1 Å². The van der Waals surface area contributed by atoms with Gasteiger partial charge in [-0.1, -0.05) is 31.4 Å². The van der Waals surface area contributed by atoms with Crippen LogP contribution in [-0.2, 0) is 11.3 Å². The number of carbonyl (C=O) groups excluding carboxylic acids is 1. The molecule has 1 aliphatic carbocycles. The number of hydrogen-bond acceptors (Lipinski definition) is 3. The van der Waals surface area contributed by atoms with Crippen molar-refractivity contribution in [1.29, 1.82) is 0 Å². The molecule has 0 radical (unpaired) electrons. The fourth-order valence-corrected chi connectivity index (χ4v) is 2.81. The molecule has 0 aliphatic heterocycles. The summed E-state index contributed by atoms with van der Waals surface area (Å²) < 4.78 is 5.12. The van der Waals surface area contributed by atoms with Crippen molar-refractivity contribution in [1.82, 2.24) is 16.0 Å². The van der Waals surface area contributed by atoms with Crippen LogP contribution in [-0.4, -0.2) is 38.6 Å². The van der Waals surface area contributed by atoms with Gasteiger partial charge in [-0.15, -0.1) is 24.0 Å². The van der Waals surface area contributed by atoms with Crippen molar-refractivity contribution in [3.63, 3.8) is 0 Å². The van der Waals surface area contributed by atoms with Gasteiger partial charge in [-0.2, -0.15) is 0 Å². The number of ether oxygens (including phenoxy) is 1. The highest BCUT2D eigenvalue weighted by Gasteiger charge is 2.14. The topological polar surface area (TPSA) is 74.8 Å². The molecule has 6 nitrogen and oxygen atoms in total. The average molecular weight is 460 g/mol. The van der Waals surface area contributed by atoms with E-state index in [2.05, 4.69) is 20.9 Å². The Morgan fingerprint density at radius 2 is 1.84 bits per heavy atom. The van der Waals surface area contributed by atoms with Crippen LogP contribution in [0.2, 0.25) is 0 Å². The minimum Gasteiger partial charge on any atom is -0.497 e. The Morgan fingerprint density at radius 3 is 2.44 bits per heavy atom. The van der Waals surface area contributed by atoms with Crippen molar-refractivity contribution in [3.8, 4) is 5.75 Å².